The Morgan fingerprint density at radius 1 is 1.13 bits per heavy atom. The molecule has 0 aliphatic carbocycles. The zero-order chi connectivity index (χ0) is 21.2. The third-order valence-corrected chi connectivity index (χ3v) is 5.88. The van der Waals surface area contributed by atoms with Crippen LogP contribution in [0.2, 0.25) is 0 Å². The van der Waals surface area contributed by atoms with Crippen molar-refractivity contribution in [1.82, 2.24) is 24.6 Å². The molecule has 4 heterocycles. The van der Waals surface area contributed by atoms with E-state index in [2.05, 4.69) is 15.1 Å². The molecule has 1 atom stereocenters. The van der Waals surface area contributed by atoms with Gasteiger partial charge in [-0.2, -0.15) is 4.98 Å². The van der Waals surface area contributed by atoms with E-state index in [9.17, 15) is 9.59 Å². The number of amides is 1. The third-order valence-electron chi connectivity index (χ3n) is 5.88. The average molecular weight is 421 g/mol. The molecule has 2 saturated heterocycles. The number of piperidine rings is 1. The highest BCUT2D eigenvalue weighted by Gasteiger charge is 2.35. The van der Waals surface area contributed by atoms with Gasteiger partial charge in [0.15, 0.2) is 11.9 Å². The molecule has 31 heavy (non-hydrogen) atoms. The van der Waals surface area contributed by atoms with Crippen molar-refractivity contribution in [3.05, 3.63) is 54.4 Å². The maximum Gasteiger partial charge on any atom is 0.306 e. The van der Waals surface area contributed by atoms with E-state index in [1.54, 1.807) is 11.1 Å². The van der Waals surface area contributed by atoms with Gasteiger partial charge < -0.3 is 18.7 Å². The largest absolute Gasteiger partial charge is 0.452 e. The molecule has 1 amide bonds. The van der Waals surface area contributed by atoms with Crippen molar-refractivity contribution in [3.63, 3.8) is 0 Å². The molecular weight excluding hydrogens is 398 g/mol. The molecule has 2 aliphatic heterocycles. The number of hydrogen-bond acceptors (Lipinski definition) is 7. The molecule has 2 aliphatic rings. The number of rotatable bonds is 5. The van der Waals surface area contributed by atoms with Crippen LogP contribution in [-0.4, -0.2) is 55.7 Å². The lowest BCUT2D eigenvalue weighted by atomic mass is 9.95. The number of hydrogen-bond donors (Lipinski definition) is 0. The molecule has 2 aromatic heterocycles. The lowest BCUT2D eigenvalue weighted by Gasteiger charge is -2.33. The van der Waals surface area contributed by atoms with E-state index >= 15 is 0 Å². The monoisotopic (exact) mass is 421 g/mol. The second-order valence-electron chi connectivity index (χ2n) is 7.91. The predicted octanol–water partition coefficient (Wildman–Crippen LogP) is 2.39. The molecule has 0 bridgehead atoms. The average Bonchev–Trinajstić information content (AvgIpc) is 3.56. The van der Waals surface area contributed by atoms with E-state index in [4.69, 9.17) is 9.26 Å². The number of carbonyl (C=O) groups is 2. The molecular formula is C22H23N5O4. The Morgan fingerprint density at radius 2 is 1.94 bits per heavy atom. The summed E-state index contributed by atoms with van der Waals surface area (Å²) in [5.74, 6) is 1.93. The number of esters is 1. The van der Waals surface area contributed by atoms with Crippen molar-refractivity contribution >= 4 is 11.9 Å². The maximum atomic E-state index is 12.6. The van der Waals surface area contributed by atoms with Crippen molar-refractivity contribution in [2.75, 3.05) is 13.1 Å². The van der Waals surface area contributed by atoms with Crippen molar-refractivity contribution in [1.29, 1.82) is 0 Å². The number of carbonyl (C=O) groups excluding carboxylic acids is 2. The van der Waals surface area contributed by atoms with Crippen LogP contribution in [0, 0.1) is 0 Å². The summed E-state index contributed by atoms with van der Waals surface area (Å²) < 4.78 is 12.6. The van der Waals surface area contributed by atoms with Gasteiger partial charge in [0.2, 0.25) is 0 Å². The lowest BCUT2D eigenvalue weighted by molar-refractivity contribution is -0.153. The van der Waals surface area contributed by atoms with Crippen molar-refractivity contribution in [2.24, 2.45) is 0 Å². The minimum Gasteiger partial charge on any atom is -0.452 e. The molecule has 0 saturated carbocycles. The van der Waals surface area contributed by atoms with Crippen LogP contribution in [0.1, 0.15) is 43.3 Å². The van der Waals surface area contributed by atoms with Crippen LogP contribution in [-0.2, 0) is 20.9 Å². The molecule has 3 aromatic rings. The van der Waals surface area contributed by atoms with Crippen LogP contribution in [0.3, 0.4) is 0 Å². The highest BCUT2D eigenvalue weighted by Crippen LogP contribution is 2.29. The summed E-state index contributed by atoms with van der Waals surface area (Å²) in [7, 11) is 0. The highest BCUT2D eigenvalue weighted by atomic mass is 16.6. The third kappa shape index (κ3) is 4.08. The van der Waals surface area contributed by atoms with E-state index in [1.807, 2.05) is 41.1 Å². The number of ether oxygens (including phenoxy) is 1. The molecule has 0 N–H and O–H groups in total. The Balaban J connectivity index is 1.22. The normalized spacial score (nSPS) is 19.5. The molecule has 1 aromatic carbocycles. The van der Waals surface area contributed by atoms with E-state index < -0.39 is 6.10 Å². The fraction of sp³-hybridized carbons (Fsp3) is 0.409. The van der Waals surface area contributed by atoms with Crippen molar-refractivity contribution in [2.45, 2.75) is 44.2 Å². The number of aromatic nitrogens is 4. The SMILES string of the molecule is O=C1CCC(C(=O)N2CCC(c3nccn3Cc3noc(-c4ccccc4)n3)CC2)O1. The zero-order valence-electron chi connectivity index (χ0n) is 17.0. The van der Waals surface area contributed by atoms with E-state index in [1.165, 1.54) is 0 Å². The molecule has 1 unspecified atom stereocenters. The number of nitrogens with zero attached hydrogens (tertiary/aromatic N) is 5. The van der Waals surface area contributed by atoms with Gasteiger partial charge in [0.25, 0.3) is 11.8 Å². The Labute approximate surface area is 179 Å². The molecule has 9 heteroatoms. The smallest absolute Gasteiger partial charge is 0.306 e. The zero-order valence-corrected chi connectivity index (χ0v) is 17.0. The Kier molecular flexibility index (Phi) is 5.23. The van der Waals surface area contributed by atoms with Gasteiger partial charge in [0.1, 0.15) is 5.82 Å². The Morgan fingerprint density at radius 3 is 2.68 bits per heavy atom. The molecule has 2 fully saturated rings. The van der Waals surface area contributed by atoms with Gasteiger partial charge in [-0.15, -0.1) is 0 Å². The van der Waals surface area contributed by atoms with Gasteiger partial charge in [-0.1, -0.05) is 23.4 Å². The first kappa shape index (κ1) is 19.5. The summed E-state index contributed by atoms with van der Waals surface area (Å²) in [6, 6.07) is 9.67. The molecule has 0 radical (unpaired) electrons. The van der Waals surface area contributed by atoms with Crippen LogP contribution >= 0.6 is 0 Å². The molecule has 160 valence electrons. The van der Waals surface area contributed by atoms with Gasteiger partial charge in [0, 0.05) is 49.8 Å². The summed E-state index contributed by atoms with van der Waals surface area (Å²) in [6.07, 6.45) is 5.52. The van der Waals surface area contributed by atoms with Crippen LogP contribution in [0.15, 0.2) is 47.2 Å². The van der Waals surface area contributed by atoms with Crippen molar-refractivity contribution in [3.8, 4) is 11.5 Å². The Bertz CT molecular complexity index is 1070. The predicted molar refractivity (Wildman–Crippen MR) is 109 cm³/mol. The number of likely N-dealkylation sites (tertiary alicyclic amines) is 1. The minimum absolute atomic E-state index is 0.0760. The van der Waals surface area contributed by atoms with Gasteiger partial charge in [-0.25, -0.2) is 4.98 Å². The molecule has 9 nitrogen and oxygen atoms in total. The first-order chi connectivity index (χ1) is 15.2. The lowest BCUT2D eigenvalue weighted by Crippen LogP contribution is -2.43. The van der Waals surface area contributed by atoms with E-state index in [0.29, 0.717) is 44.2 Å². The first-order valence-corrected chi connectivity index (χ1v) is 10.5. The van der Waals surface area contributed by atoms with Crippen LogP contribution in [0.5, 0.6) is 0 Å². The topological polar surface area (TPSA) is 103 Å². The van der Waals surface area contributed by atoms with Gasteiger partial charge in [-0.3, -0.25) is 9.59 Å². The fourth-order valence-corrected chi connectivity index (χ4v) is 4.24. The molecule has 0 spiro atoms. The summed E-state index contributed by atoms with van der Waals surface area (Å²) in [5, 5.41) is 4.11. The van der Waals surface area contributed by atoms with Gasteiger partial charge in [-0.05, 0) is 25.0 Å². The quantitative estimate of drug-likeness (QED) is 0.583. The minimum atomic E-state index is -0.608. The standard InChI is InChI=1S/C22H23N5O4/c28-19-7-6-17(30-19)22(29)26-11-8-15(9-12-26)20-23-10-13-27(20)14-18-24-21(31-25-18)16-4-2-1-3-5-16/h1-5,10,13,15,17H,6-9,11-12,14H2. The second kappa shape index (κ2) is 8.33. The summed E-state index contributed by atoms with van der Waals surface area (Å²) in [5.41, 5.74) is 0.886. The molecule has 5 rings (SSSR count). The fourth-order valence-electron chi connectivity index (χ4n) is 4.24. The highest BCUT2D eigenvalue weighted by molar-refractivity contribution is 5.86. The van der Waals surface area contributed by atoms with Gasteiger partial charge in [0.05, 0.1) is 6.54 Å². The summed E-state index contributed by atoms with van der Waals surface area (Å²) in [6.45, 7) is 1.73. The van der Waals surface area contributed by atoms with Gasteiger partial charge >= 0.3 is 5.97 Å². The van der Waals surface area contributed by atoms with Crippen LogP contribution in [0.4, 0.5) is 0 Å². The number of imidazole rings is 1. The van der Waals surface area contributed by atoms with E-state index in [0.717, 1.165) is 24.2 Å². The van der Waals surface area contributed by atoms with Crippen LogP contribution in [0.25, 0.3) is 11.5 Å². The maximum absolute atomic E-state index is 12.6. The van der Waals surface area contributed by atoms with Crippen LogP contribution < -0.4 is 0 Å². The van der Waals surface area contributed by atoms with Crippen molar-refractivity contribution < 1.29 is 18.8 Å². The summed E-state index contributed by atoms with van der Waals surface area (Å²) in [4.78, 5) is 34.7. The second-order valence-corrected chi connectivity index (χ2v) is 7.91. The summed E-state index contributed by atoms with van der Waals surface area (Å²) >= 11 is 0. The van der Waals surface area contributed by atoms with E-state index in [-0.39, 0.29) is 17.8 Å². The number of benzene rings is 1. The number of cyclic esters (lactones) is 1. The Hall–Kier alpha value is -3.49. The first-order valence-electron chi connectivity index (χ1n) is 10.5.